The highest BCUT2D eigenvalue weighted by atomic mass is 19.1. The third kappa shape index (κ3) is 6.91. The summed E-state index contributed by atoms with van der Waals surface area (Å²) in [5, 5.41) is 0. The summed E-state index contributed by atoms with van der Waals surface area (Å²) in [6, 6.07) is 17.9. The third-order valence-corrected chi connectivity index (χ3v) is 5.25. The number of methoxy groups -OCH3 is 2. The van der Waals surface area contributed by atoms with Gasteiger partial charge in [-0.05, 0) is 72.0 Å². The number of ether oxygens (including phenoxy) is 3. The van der Waals surface area contributed by atoms with Gasteiger partial charge in [0.1, 0.15) is 11.6 Å². The molecule has 0 aliphatic heterocycles. The van der Waals surface area contributed by atoms with E-state index in [1.807, 2.05) is 0 Å². The Balaban J connectivity index is 1.56. The number of halogens is 2. The predicted octanol–water partition coefficient (Wildman–Crippen LogP) is 6.15. The summed E-state index contributed by atoms with van der Waals surface area (Å²) in [4.78, 5) is 12.1. The molecule has 0 amide bonds. The van der Waals surface area contributed by atoms with Crippen LogP contribution in [0.2, 0.25) is 0 Å². The van der Waals surface area contributed by atoms with Gasteiger partial charge in [0.15, 0.2) is 11.5 Å². The molecular weight excluding hydrogens is 426 g/mol. The van der Waals surface area contributed by atoms with Crippen molar-refractivity contribution in [2.75, 3.05) is 20.8 Å². The van der Waals surface area contributed by atoms with Crippen molar-refractivity contribution in [2.24, 2.45) is 0 Å². The van der Waals surface area contributed by atoms with Crippen LogP contribution in [0.15, 0.2) is 72.8 Å². The Hall–Kier alpha value is -3.67. The molecule has 0 radical (unpaired) electrons. The highest BCUT2D eigenvalue weighted by molar-refractivity contribution is 5.87. The number of esters is 1. The van der Waals surface area contributed by atoms with Gasteiger partial charge >= 0.3 is 5.97 Å². The highest BCUT2D eigenvalue weighted by Gasteiger charge is 2.15. The molecule has 0 saturated carbocycles. The first-order valence-corrected chi connectivity index (χ1v) is 10.6. The molecule has 0 spiro atoms. The Bertz CT molecular complexity index is 1030. The zero-order chi connectivity index (χ0) is 23.6. The van der Waals surface area contributed by atoms with Crippen LogP contribution in [0.25, 0.3) is 6.08 Å². The molecule has 0 atom stereocenters. The maximum atomic E-state index is 13.3. The van der Waals surface area contributed by atoms with Crippen molar-refractivity contribution in [1.82, 2.24) is 0 Å². The van der Waals surface area contributed by atoms with Gasteiger partial charge in [-0.2, -0.15) is 0 Å². The quantitative estimate of drug-likeness (QED) is 0.210. The van der Waals surface area contributed by atoms with Gasteiger partial charge in [-0.15, -0.1) is 0 Å². The maximum Gasteiger partial charge on any atom is 0.330 e. The van der Waals surface area contributed by atoms with E-state index in [2.05, 4.69) is 0 Å². The molecule has 0 unspecified atom stereocenters. The van der Waals surface area contributed by atoms with Crippen LogP contribution in [-0.4, -0.2) is 26.8 Å². The SMILES string of the molecule is COc1ccc(/C=C/C(=O)OCCCC(c2ccc(F)cc2)c2ccc(F)cc2)cc1OC. The Morgan fingerprint density at radius 3 is 1.97 bits per heavy atom. The monoisotopic (exact) mass is 452 g/mol. The van der Waals surface area contributed by atoms with Crippen molar-refractivity contribution >= 4 is 12.0 Å². The molecule has 4 nitrogen and oxygen atoms in total. The Kier molecular flexibility index (Phi) is 8.58. The molecule has 0 aliphatic carbocycles. The lowest BCUT2D eigenvalue weighted by Gasteiger charge is -2.18. The molecule has 172 valence electrons. The Labute approximate surface area is 192 Å². The Morgan fingerprint density at radius 1 is 0.848 bits per heavy atom. The molecule has 0 aliphatic rings. The lowest BCUT2D eigenvalue weighted by atomic mass is 9.87. The van der Waals surface area contributed by atoms with E-state index in [1.165, 1.54) is 30.3 Å². The first-order valence-electron chi connectivity index (χ1n) is 10.6. The lowest BCUT2D eigenvalue weighted by molar-refractivity contribution is -0.137. The van der Waals surface area contributed by atoms with Crippen molar-refractivity contribution in [1.29, 1.82) is 0 Å². The minimum atomic E-state index is -0.454. The van der Waals surface area contributed by atoms with Crippen LogP contribution in [0.1, 0.15) is 35.4 Å². The number of carbonyl (C=O) groups is 1. The van der Waals surface area contributed by atoms with Gasteiger partial charge in [0.25, 0.3) is 0 Å². The number of carbonyl (C=O) groups excluding carboxylic acids is 1. The molecule has 0 heterocycles. The molecule has 3 rings (SSSR count). The van der Waals surface area contributed by atoms with Crippen LogP contribution in [0.4, 0.5) is 8.78 Å². The molecular formula is C27H26F2O4. The molecule has 0 aromatic heterocycles. The average Bonchev–Trinajstić information content (AvgIpc) is 2.84. The van der Waals surface area contributed by atoms with Crippen LogP contribution in [0.5, 0.6) is 11.5 Å². The maximum absolute atomic E-state index is 13.3. The molecule has 3 aromatic carbocycles. The van der Waals surface area contributed by atoms with Gasteiger partial charge in [-0.1, -0.05) is 30.3 Å². The summed E-state index contributed by atoms with van der Waals surface area (Å²) in [6.45, 7) is 0.230. The van der Waals surface area contributed by atoms with Crippen molar-refractivity contribution < 1.29 is 27.8 Å². The van der Waals surface area contributed by atoms with E-state index < -0.39 is 5.97 Å². The molecule has 0 bridgehead atoms. The van der Waals surface area contributed by atoms with Crippen LogP contribution in [0.3, 0.4) is 0 Å². The van der Waals surface area contributed by atoms with Gasteiger partial charge in [0, 0.05) is 12.0 Å². The van der Waals surface area contributed by atoms with E-state index in [0.29, 0.717) is 24.3 Å². The van der Waals surface area contributed by atoms with Gasteiger partial charge < -0.3 is 14.2 Å². The molecule has 0 fully saturated rings. The van der Waals surface area contributed by atoms with Crippen LogP contribution in [0, 0.1) is 11.6 Å². The van der Waals surface area contributed by atoms with E-state index in [0.717, 1.165) is 16.7 Å². The number of benzene rings is 3. The zero-order valence-corrected chi connectivity index (χ0v) is 18.6. The molecule has 0 saturated heterocycles. The summed E-state index contributed by atoms with van der Waals surface area (Å²) in [5.41, 5.74) is 2.61. The zero-order valence-electron chi connectivity index (χ0n) is 18.6. The molecule has 0 N–H and O–H groups in total. The Morgan fingerprint density at radius 2 is 1.42 bits per heavy atom. The second-order valence-electron chi connectivity index (χ2n) is 7.41. The van der Waals surface area contributed by atoms with Crippen LogP contribution < -0.4 is 9.47 Å². The van der Waals surface area contributed by atoms with Gasteiger partial charge in [-0.25, -0.2) is 13.6 Å². The molecule has 3 aromatic rings. The second kappa shape index (κ2) is 11.8. The summed E-state index contributed by atoms with van der Waals surface area (Å²) in [6.07, 6.45) is 4.25. The fourth-order valence-corrected chi connectivity index (χ4v) is 3.55. The van der Waals surface area contributed by atoms with E-state index in [-0.39, 0.29) is 24.2 Å². The normalized spacial score (nSPS) is 11.1. The van der Waals surface area contributed by atoms with Crippen LogP contribution in [-0.2, 0) is 9.53 Å². The van der Waals surface area contributed by atoms with E-state index in [1.54, 1.807) is 62.8 Å². The second-order valence-corrected chi connectivity index (χ2v) is 7.41. The predicted molar refractivity (Wildman–Crippen MR) is 123 cm³/mol. The molecule has 6 heteroatoms. The van der Waals surface area contributed by atoms with Gasteiger partial charge in [-0.3, -0.25) is 0 Å². The van der Waals surface area contributed by atoms with E-state index in [9.17, 15) is 13.6 Å². The van der Waals surface area contributed by atoms with Crippen molar-refractivity contribution in [2.45, 2.75) is 18.8 Å². The van der Waals surface area contributed by atoms with Crippen molar-refractivity contribution in [3.05, 3.63) is 101 Å². The number of hydrogen-bond acceptors (Lipinski definition) is 4. The summed E-state index contributed by atoms with van der Waals surface area (Å²) < 4.78 is 42.5. The smallest absolute Gasteiger partial charge is 0.330 e. The van der Waals surface area contributed by atoms with Crippen molar-refractivity contribution in [3.63, 3.8) is 0 Å². The standard InChI is InChI=1S/C27H26F2O4/c1-31-25-15-5-19(18-26(25)32-2)6-16-27(30)33-17-3-4-24(20-7-11-22(28)12-8-20)21-9-13-23(29)14-10-21/h5-16,18,24H,3-4,17H2,1-2H3/b16-6+. The highest BCUT2D eigenvalue weighted by Crippen LogP contribution is 2.30. The summed E-state index contributed by atoms with van der Waals surface area (Å²) >= 11 is 0. The van der Waals surface area contributed by atoms with Gasteiger partial charge in [0.05, 0.1) is 20.8 Å². The average molecular weight is 452 g/mol. The van der Waals surface area contributed by atoms with Crippen molar-refractivity contribution in [3.8, 4) is 11.5 Å². The van der Waals surface area contributed by atoms with Crippen LogP contribution >= 0.6 is 0 Å². The fraction of sp³-hybridized carbons (Fsp3) is 0.222. The minimum absolute atomic E-state index is 0.0628. The topological polar surface area (TPSA) is 44.8 Å². The lowest BCUT2D eigenvalue weighted by Crippen LogP contribution is -2.06. The first kappa shape index (κ1) is 24.0. The summed E-state index contributed by atoms with van der Waals surface area (Å²) in [5.74, 6) is 0.0328. The number of hydrogen-bond donors (Lipinski definition) is 0. The van der Waals surface area contributed by atoms with Gasteiger partial charge in [0.2, 0.25) is 0 Å². The summed E-state index contributed by atoms with van der Waals surface area (Å²) in [7, 11) is 3.10. The largest absolute Gasteiger partial charge is 0.493 e. The molecule has 33 heavy (non-hydrogen) atoms. The minimum Gasteiger partial charge on any atom is -0.493 e. The van der Waals surface area contributed by atoms with E-state index in [4.69, 9.17) is 14.2 Å². The fourth-order valence-electron chi connectivity index (χ4n) is 3.55. The third-order valence-electron chi connectivity index (χ3n) is 5.25. The number of rotatable bonds is 10. The first-order chi connectivity index (χ1) is 16.0. The van der Waals surface area contributed by atoms with E-state index >= 15 is 0 Å².